The largest absolute Gasteiger partial charge is 0.369 e. The van der Waals surface area contributed by atoms with Crippen LogP contribution in [0.5, 0.6) is 0 Å². The number of para-hydroxylation sites is 1. The normalized spacial score (nSPS) is 18.9. The zero-order valence-electron chi connectivity index (χ0n) is 10.9. The van der Waals surface area contributed by atoms with Gasteiger partial charge in [0.05, 0.1) is 10.8 Å². The molecule has 0 aromatic heterocycles. The minimum Gasteiger partial charge on any atom is -0.369 e. The predicted molar refractivity (Wildman–Crippen MR) is 73.5 cm³/mol. The summed E-state index contributed by atoms with van der Waals surface area (Å²) in [7, 11) is 0. The van der Waals surface area contributed by atoms with Crippen LogP contribution in [0.25, 0.3) is 0 Å². The number of benzene rings is 1. The number of primary amides is 1. The number of likely N-dealkylation sites (tertiary alicyclic amines) is 1. The smallest absolute Gasteiger partial charge is 0.293 e. The van der Waals surface area contributed by atoms with Gasteiger partial charge in [0.15, 0.2) is 0 Å². The molecule has 8 heteroatoms. The van der Waals surface area contributed by atoms with Gasteiger partial charge in [0.1, 0.15) is 5.69 Å². The van der Waals surface area contributed by atoms with Crippen LogP contribution >= 0.6 is 0 Å². The summed E-state index contributed by atoms with van der Waals surface area (Å²) in [6, 6.07) is 4.80. The molecule has 0 spiro atoms. The van der Waals surface area contributed by atoms with Gasteiger partial charge in [0.25, 0.3) is 5.69 Å². The second-order valence-corrected chi connectivity index (χ2v) is 4.84. The summed E-state index contributed by atoms with van der Waals surface area (Å²) in [5.41, 5.74) is 8.65. The highest BCUT2D eigenvalue weighted by atomic mass is 16.6. The van der Waals surface area contributed by atoms with Crippen molar-refractivity contribution in [1.29, 1.82) is 0 Å². The Balaban J connectivity index is 2.16. The van der Waals surface area contributed by atoms with Crippen molar-refractivity contribution in [2.45, 2.75) is 13.0 Å². The van der Waals surface area contributed by atoms with Gasteiger partial charge in [0, 0.05) is 19.2 Å². The monoisotopic (exact) mass is 279 g/mol. The number of amides is 1. The lowest BCUT2D eigenvalue weighted by molar-refractivity contribution is -0.384. The van der Waals surface area contributed by atoms with E-state index in [9.17, 15) is 14.9 Å². The third-order valence-corrected chi connectivity index (χ3v) is 3.54. The number of anilines is 1. The highest BCUT2D eigenvalue weighted by Gasteiger charge is 2.27. The Hall–Kier alpha value is -2.19. The molecule has 20 heavy (non-hydrogen) atoms. The number of carbonyl (C=O) groups excluding carboxylic acids is 1. The maximum atomic E-state index is 11.1. The van der Waals surface area contributed by atoms with Crippen molar-refractivity contribution in [2.75, 3.05) is 18.5 Å². The SMILES string of the molecule is NNc1c(CN2CCC(C(N)=O)C2)cccc1[N+](=O)[O-]. The summed E-state index contributed by atoms with van der Waals surface area (Å²) in [5, 5.41) is 10.9. The Morgan fingerprint density at radius 1 is 1.55 bits per heavy atom. The molecule has 1 aromatic rings. The summed E-state index contributed by atoms with van der Waals surface area (Å²) < 4.78 is 0. The van der Waals surface area contributed by atoms with Crippen molar-refractivity contribution in [2.24, 2.45) is 17.5 Å². The maximum absolute atomic E-state index is 11.1. The number of hydrogen-bond donors (Lipinski definition) is 3. The summed E-state index contributed by atoms with van der Waals surface area (Å²) >= 11 is 0. The van der Waals surface area contributed by atoms with Gasteiger partial charge in [-0.15, -0.1) is 0 Å². The van der Waals surface area contributed by atoms with E-state index in [1.54, 1.807) is 12.1 Å². The zero-order valence-corrected chi connectivity index (χ0v) is 10.9. The number of rotatable bonds is 5. The van der Waals surface area contributed by atoms with E-state index >= 15 is 0 Å². The number of nitrogen functional groups attached to an aromatic ring is 1. The van der Waals surface area contributed by atoms with Crippen LogP contribution in [-0.2, 0) is 11.3 Å². The molecule has 1 aliphatic heterocycles. The molecule has 1 atom stereocenters. The molecule has 1 saturated heterocycles. The summed E-state index contributed by atoms with van der Waals surface area (Å²) in [6.07, 6.45) is 0.718. The number of nitro benzene ring substituents is 1. The fraction of sp³-hybridized carbons (Fsp3) is 0.417. The van der Waals surface area contributed by atoms with Crippen molar-refractivity contribution in [3.63, 3.8) is 0 Å². The topological polar surface area (TPSA) is 128 Å². The average Bonchev–Trinajstić information content (AvgIpc) is 2.87. The second-order valence-electron chi connectivity index (χ2n) is 4.84. The zero-order chi connectivity index (χ0) is 14.7. The lowest BCUT2D eigenvalue weighted by atomic mass is 10.1. The van der Waals surface area contributed by atoms with E-state index in [1.807, 2.05) is 4.90 Å². The standard InChI is InChI=1S/C12H17N5O3/c13-12(18)9-4-5-16(7-9)6-8-2-1-3-10(17(19)20)11(8)15-14/h1-3,9,15H,4-7,14H2,(H2,13,18). The van der Waals surface area contributed by atoms with Gasteiger partial charge in [-0.3, -0.25) is 25.7 Å². The van der Waals surface area contributed by atoms with Crippen molar-refractivity contribution in [1.82, 2.24) is 4.90 Å². The molecule has 8 nitrogen and oxygen atoms in total. The van der Waals surface area contributed by atoms with Crippen LogP contribution in [0.4, 0.5) is 11.4 Å². The molecule has 2 rings (SSSR count). The number of hydrogen-bond acceptors (Lipinski definition) is 6. The van der Waals surface area contributed by atoms with E-state index in [2.05, 4.69) is 5.43 Å². The van der Waals surface area contributed by atoms with E-state index in [-0.39, 0.29) is 17.5 Å². The van der Waals surface area contributed by atoms with Crippen molar-refractivity contribution >= 4 is 17.3 Å². The predicted octanol–water partition coefficient (Wildman–Crippen LogP) is 0.188. The minimum atomic E-state index is -0.477. The molecule has 0 radical (unpaired) electrons. The first-order chi connectivity index (χ1) is 9.52. The molecular weight excluding hydrogens is 262 g/mol. The van der Waals surface area contributed by atoms with E-state index in [0.29, 0.717) is 18.8 Å². The van der Waals surface area contributed by atoms with Crippen LogP contribution < -0.4 is 17.0 Å². The number of nitrogens with zero attached hydrogens (tertiary/aromatic N) is 2. The van der Waals surface area contributed by atoms with Gasteiger partial charge in [-0.1, -0.05) is 12.1 Å². The van der Waals surface area contributed by atoms with Crippen LogP contribution in [0.15, 0.2) is 18.2 Å². The molecule has 1 fully saturated rings. The first-order valence-corrected chi connectivity index (χ1v) is 6.27. The van der Waals surface area contributed by atoms with E-state index in [0.717, 1.165) is 18.5 Å². The Kier molecular flexibility index (Phi) is 4.16. The molecule has 0 aliphatic carbocycles. The molecule has 0 saturated carbocycles. The Morgan fingerprint density at radius 2 is 2.30 bits per heavy atom. The third-order valence-electron chi connectivity index (χ3n) is 3.54. The van der Waals surface area contributed by atoms with Crippen LogP contribution in [0.1, 0.15) is 12.0 Å². The lowest BCUT2D eigenvalue weighted by Crippen LogP contribution is -2.27. The summed E-state index contributed by atoms with van der Waals surface area (Å²) in [4.78, 5) is 23.6. The van der Waals surface area contributed by atoms with E-state index in [4.69, 9.17) is 11.6 Å². The second kappa shape index (κ2) is 5.85. The third kappa shape index (κ3) is 2.86. The molecule has 1 aliphatic rings. The van der Waals surface area contributed by atoms with Crippen LogP contribution in [0.3, 0.4) is 0 Å². The molecule has 5 N–H and O–H groups in total. The fourth-order valence-corrected chi connectivity index (χ4v) is 2.49. The summed E-state index contributed by atoms with van der Waals surface area (Å²) in [5.74, 6) is 4.94. The minimum absolute atomic E-state index is 0.0596. The Labute approximate surface area is 115 Å². The van der Waals surface area contributed by atoms with Gasteiger partial charge in [-0.2, -0.15) is 0 Å². The maximum Gasteiger partial charge on any atom is 0.293 e. The van der Waals surface area contributed by atoms with Crippen LogP contribution in [0.2, 0.25) is 0 Å². The average molecular weight is 279 g/mol. The Bertz CT molecular complexity index is 534. The van der Waals surface area contributed by atoms with E-state index < -0.39 is 4.92 Å². The molecule has 1 unspecified atom stereocenters. The molecular formula is C12H17N5O3. The van der Waals surface area contributed by atoms with Gasteiger partial charge < -0.3 is 11.2 Å². The van der Waals surface area contributed by atoms with Gasteiger partial charge in [-0.05, 0) is 18.5 Å². The highest BCUT2D eigenvalue weighted by molar-refractivity contribution is 5.77. The van der Waals surface area contributed by atoms with Crippen LogP contribution in [-0.4, -0.2) is 28.8 Å². The van der Waals surface area contributed by atoms with E-state index in [1.165, 1.54) is 6.07 Å². The Morgan fingerprint density at radius 3 is 2.85 bits per heavy atom. The summed E-state index contributed by atoms with van der Waals surface area (Å²) in [6.45, 7) is 1.80. The number of hydrazine groups is 1. The lowest BCUT2D eigenvalue weighted by Gasteiger charge is -2.17. The van der Waals surface area contributed by atoms with Crippen molar-refractivity contribution in [3.05, 3.63) is 33.9 Å². The number of carbonyl (C=O) groups is 1. The van der Waals surface area contributed by atoms with Crippen molar-refractivity contribution < 1.29 is 9.72 Å². The first kappa shape index (κ1) is 14.2. The van der Waals surface area contributed by atoms with Gasteiger partial charge in [-0.25, -0.2) is 0 Å². The fourth-order valence-electron chi connectivity index (χ4n) is 2.49. The molecule has 1 heterocycles. The first-order valence-electron chi connectivity index (χ1n) is 6.27. The van der Waals surface area contributed by atoms with Crippen LogP contribution in [0, 0.1) is 16.0 Å². The number of nitrogens with two attached hydrogens (primary N) is 2. The quantitative estimate of drug-likeness (QED) is 0.401. The van der Waals surface area contributed by atoms with Crippen molar-refractivity contribution in [3.8, 4) is 0 Å². The molecule has 1 aromatic carbocycles. The molecule has 1 amide bonds. The highest BCUT2D eigenvalue weighted by Crippen LogP contribution is 2.29. The van der Waals surface area contributed by atoms with Gasteiger partial charge >= 0.3 is 0 Å². The molecule has 108 valence electrons. The van der Waals surface area contributed by atoms with Gasteiger partial charge in [0.2, 0.25) is 5.91 Å². The number of nitro groups is 1. The molecule has 0 bridgehead atoms. The number of nitrogens with one attached hydrogen (secondary N) is 1.